The second-order valence-electron chi connectivity index (χ2n) is 9.99. The highest BCUT2D eigenvalue weighted by Crippen LogP contribution is 2.38. The number of amides is 1. The number of hydrogen-bond acceptors (Lipinski definition) is 4. The molecule has 4 rings (SSSR count). The molecule has 0 aromatic rings. The average Bonchev–Trinajstić information content (AvgIpc) is 3.35. The van der Waals surface area contributed by atoms with Gasteiger partial charge in [-0.25, -0.2) is 10.0 Å². The highest BCUT2D eigenvalue weighted by molar-refractivity contribution is 5.86. The number of nitrogens with one attached hydrogen (secondary N) is 1. The molecular formula is C25H40N4O. The van der Waals surface area contributed by atoms with Crippen LogP contribution in [0.5, 0.6) is 0 Å². The molecule has 3 aliphatic heterocycles. The largest absolute Gasteiger partial charge is 0.369 e. The van der Waals surface area contributed by atoms with E-state index in [-0.39, 0.29) is 11.8 Å². The molecule has 1 amide bonds. The molecule has 166 valence electrons. The minimum absolute atomic E-state index is 0.0446. The Bertz CT molecular complexity index is 670. The number of primary amides is 1. The van der Waals surface area contributed by atoms with E-state index in [1.165, 1.54) is 57.8 Å². The first-order valence-electron chi connectivity index (χ1n) is 12.4. The van der Waals surface area contributed by atoms with Crippen LogP contribution in [-0.4, -0.2) is 29.8 Å². The van der Waals surface area contributed by atoms with Gasteiger partial charge in [0.2, 0.25) is 5.91 Å². The van der Waals surface area contributed by atoms with Gasteiger partial charge in [-0.3, -0.25) is 4.79 Å². The van der Waals surface area contributed by atoms with Crippen molar-refractivity contribution in [2.24, 2.45) is 40.3 Å². The Labute approximate surface area is 182 Å². The van der Waals surface area contributed by atoms with E-state index < -0.39 is 0 Å². The summed E-state index contributed by atoms with van der Waals surface area (Å²) in [5, 5.41) is 2.20. The Morgan fingerprint density at radius 1 is 0.900 bits per heavy atom. The quantitative estimate of drug-likeness (QED) is 0.620. The van der Waals surface area contributed by atoms with Crippen molar-refractivity contribution < 1.29 is 4.79 Å². The summed E-state index contributed by atoms with van der Waals surface area (Å²) in [7, 11) is 0. The summed E-state index contributed by atoms with van der Waals surface area (Å²) in [5.41, 5.74) is 9.32. The maximum atomic E-state index is 12.1. The molecule has 6 atom stereocenters. The van der Waals surface area contributed by atoms with Crippen LogP contribution in [0.15, 0.2) is 29.4 Å². The minimum Gasteiger partial charge on any atom is -0.369 e. The Morgan fingerprint density at radius 3 is 2.47 bits per heavy atom. The van der Waals surface area contributed by atoms with Crippen LogP contribution >= 0.6 is 0 Å². The van der Waals surface area contributed by atoms with Crippen molar-refractivity contribution in [2.75, 3.05) is 13.1 Å². The number of rotatable bonds is 1. The Hall–Kier alpha value is -1.62. The van der Waals surface area contributed by atoms with Gasteiger partial charge in [-0.1, -0.05) is 63.2 Å². The zero-order valence-electron chi connectivity index (χ0n) is 18.5. The van der Waals surface area contributed by atoms with Crippen molar-refractivity contribution in [3.63, 3.8) is 0 Å². The third-order valence-electron chi connectivity index (χ3n) is 7.96. The third kappa shape index (κ3) is 5.54. The van der Waals surface area contributed by atoms with Gasteiger partial charge in [-0.05, 0) is 49.9 Å². The summed E-state index contributed by atoms with van der Waals surface area (Å²) in [5.74, 6) is 3.51. The fourth-order valence-corrected chi connectivity index (χ4v) is 6.19. The smallest absolute Gasteiger partial charge is 0.222 e. The SMILES string of the molecule is NC(=O)C1CN2CC1CCCCCC1CCCC1CC/C=C\CC1CC=CN=C1N2. The minimum atomic E-state index is -0.144. The van der Waals surface area contributed by atoms with Crippen molar-refractivity contribution in [3.05, 3.63) is 24.4 Å². The second-order valence-corrected chi connectivity index (χ2v) is 9.99. The molecule has 0 spiro atoms. The molecule has 3 heterocycles. The monoisotopic (exact) mass is 412 g/mol. The number of carbonyl (C=O) groups is 1. The first kappa shape index (κ1) is 21.6. The van der Waals surface area contributed by atoms with Crippen molar-refractivity contribution in [1.29, 1.82) is 0 Å². The van der Waals surface area contributed by atoms with Crippen molar-refractivity contribution >= 4 is 11.7 Å². The zero-order chi connectivity index (χ0) is 20.8. The predicted molar refractivity (Wildman–Crippen MR) is 122 cm³/mol. The number of hydrazine groups is 1. The van der Waals surface area contributed by atoms with Crippen LogP contribution < -0.4 is 11.2 Å². The summed E-state index contributed by atoms with van der Waals surface area (Å²) in [6.45, 7) is 1.60. The molecule has 0 aromatic carbocycles. The van der Waals surface area contributed by atoms with E-state index in [0.717, 1.165) is 43.5 Å². The zero-order valence-corrected chi connectivity index (χ0v) is 18.5. The van der Waals surface area contributed by atoms with Crippen LogP contribution in [0.2, 0.25) is 0 Å². The molecule has 4 aliphatic rings. The number of fused-ring (bicyclic) bond motifs is 4. The van der Waals surface area contributed by atoms with E-state index in [9.17, 15) is 4.79 Å². The number of aliphatic imine (C=N–C) groups is 1. The molecule has 1 saturated carbocycles. The van der Waals surface area contributed by atoms with Gasteiger partial charge in [0.05, 0.1) is 5.92 Å². The highest BCUT2D eigenvalue weighted by atomic mass is 16.1. The van der Waals surface area contributed by atoms with E-state index in [0.29, 0.717) is 18.4 Å². The Morgan fingerprint density at radius 2 is 1.63 bits per heavy atom. The molecular weight excluding hydrogens is 372 g/mol. The Balaban J connectivity index is 1.44. The molecule has 2 bridgehead atoms. The van der Waals surface area contributed by atoms with Gasteiger partial charge in [0, 0.05) is 25.2 Å². The molecule has 0 radical (unpaired) electrons. The standard InChI is InChI=1S/C25H40N4O/c26-24(30)23-18-29-17-22(23)12-6-2-4-10-20-14-7-13-19(20)9-3-1-5-11-21-15-8-16-27-25(21)28-29/h1,5,8,16,19-23H,2-4,6-7,9-15,17-18H2,(H2,26,30)(H,27,28)/b5-1-. The van der Waals surface area contributed by atoms with Crippen molar-refractivity contribution in [2.45, 2.75) is 77.0 Å². The molecule has 2 fully saturated rings. The third-order valence-corrected chi connectivity index (χ3v) is 7.96. The van der Waals surface area contributed by atoms with E-state index in [1.54, 1.807) is 0 Å². The molecule has 1 aliphatic carbocycles. The molecule has 5 heteroatoms. The molecule has 6 unspecified atom stereocenters. The van der Waals surface area contributed by atoms with Crippen LogP contribution in [0.4, 0.5) is 0 Å². The van der Waals surface area contributed by atoms with E-state index in [4.69, 9.17) is 5.73 Å². The first-order valence-corrected chi connectivity index (χ1v) is 12.4. The van der Waals surface area contributed by atoms with Crippen molar-refractivity contribution in [1.82, 2.24) is 10.4 Å². The lowest BCUT2D eigenvalue weighted by molar-refractivity contribution is -0.122. The maximum absolute atomic E-state index is 12.1. The van der Waals surface area contributed by atoms with E-state index in [1.807, 2.05) is 6.20 Å². The van der Waals surface area contributed by atoms with E-state index in [2.05, 4.69) is 33.7 Å². The number of allylic oxidation sites excluding steroid dienone is 3. The van der Waals surface area contributed by atoms with Gasteiger partial charge in [0.15, 0.2) is 0 Å². The lowest BCUT2D eigenvalue weighted by atomic mass is 9.86. The van der Waals surface area contributed by atoms with Crippen LogP contribution in [-0.2, 0) is 4.79 Å². The second kappa shape index (κ2) is 10.6. The number of nitrogens with two attached hydrogens (primary N) is 1. The normalized spacial score (nSPS) is 39.0. The number of nitrogens with zero attached hydrogens (tertiary/aromatic N) is 2. The maximum Gasteiger partial charge on any atom is 0.222 e. The van der Waals surface area contributed by atoms with Crippen LogP contribution in [0.1, 0.15) is 77.0 Å². The van der Waals surface area contributed by atoms with Gasteiger partial charge in [0.25, 0.3) is 0 Å². The lowest BCUT2D eigenvalue weighted by Crippen LogP contribution is -2.44. The summed E-state index contributed by atoms with van der Waals surface area (Å²) < 4.78 is 0. The Kier molecular flexibility index (Phi) is 7.64. The molecule has 1 saturated heterocycles. The molecule has 0 aromatic heterocycles. The van der Waals surface area contributed by atoms with Gasteiger partial charge >= 0.3 is 0 Å². The summed E-state index contributed by atoms with van der Waals surface area (Å²) >= 11 is 0. The summed E-state index contributed by atoms with van der Waals surface area (Å²) in [6.07, 6.45) is 24.2. The van der Waals surface area contributed by atoms with Gasteiger partial charge < -0.3 is 11.2 Å². The van der Waals surface area contributed by atoms with E-state index >= 15 is 0 Å². The van der Waals surface area contributed by atoms with Crippen LogP contribution in [0, 0.1) is 29.6 Å². The summed E-state index contributed by atoms with van der Waals surface area (Å²) in [4.78, 5) is 16.7. The topological polar surface area (TPSA) is 70.7 Å². The van der Waals surface area contributed by atoms with Crippen LogP contribution in [0.3, 0.4) is 0 Å². The predicted octanol–water partition coefficient (Wildman–Crippen LogP) is 4.56. The van der Waals surface area contributed by atoms with Gasteiger partial charge in [-0.15, -0.1) is 0 Å². The number of amidine groups is 1. The number of carbonyl (C=O) groups excluding carboxylic acids is 1. The lowest BCUT2D eigenvalue weighted by Gasteiger charge is -2.26. The molecule has 5 nitrogen and oxygen atoms in total. The fraction of sp³-hybridized carbons (Fsp3) is 0.760. The fourth-order valence-electron chi connectivity index (χ4n) is 6.19. The van der Waals surface area contributed by atoms with Gasteiger partial charge in [-0.2, -0.15) is 0 Å². The summed E-state index contributed by atoms with van der Waals surface area (Å²) in [6, 6.07) is 0. The average molecular weight is 413 g/mol. The molecule has 3 N–H and O–H groups in total. The highest BCUT2D eigenvalue weighted by Gasteiger charge is 2.37. The van der Waals surface area contributed by atoms with Gasteiger partial charge in [0.1, 0.15) is 5.84 Å². The van der Waals surface area contributed by atoms with Crippen molar-refractivity contribution in [3.8, 4) is 0 Å². The van der Waals surface area contributed by atoms with Crippen LogP contribution in [0.25, 0.3) is 0 Å². The first-order chi connectivity index (χ1) is 14.7. The molecule has 30 heavy (non-hydrogen) atoms. The number of hydrogen-bond donors (Lipinski definition) is 2.